The predicted molar refractivity (Wildman–Crippen MR) is 131 cm³/mol. The maximum atomic E-state index is 15.0. The first-order valence-corrected chi connectivity index (χ1v) is 11.5. The molecular formula is C25H24ClFN6O2. The maximum absolute atomic E-state index is 15.0. The van der Waals surface area contributed by atoms with E-state index in [1.54, 1.807) is 37.0 Å². The molecule has 35 heavy (non-hydrogen) atoms. The first kappa shape index (κ1) is 23.3. The van der Waals surface area contributed by atoms with Gasteiger partial charge < -0.3 is 4.74 Å². The van der Waals surface area contributed by atoms with Gasteiger partial charge in [0.15, 0.2) is 11.3 Å². The monoisotopic (exact) mass is 494 g/mol. The number of rotatable bonds is 3. The first-order valence-electron chi connectivity index (χ1n) is 11.1. The number of hydrogen-bond acceptors (Lipinski definition) is 6. The van der Waals surface area contributed by atoms with Gasteiger partial charge in [-0.2, -0.15) is 5.10 Å². The van der Waals surface area contributed by atoms with Crippen molar-refractivity contribution in [1.82, 2.24) is 29.3 Å². The van der Waals surface area contributed by atoms with Crippen LogP contribution in [0.3, 0.4) is 0 Å². The van der Waals surface area contributed by atoms with Gasteiger partial charge in [-0.25, -0.2) is 19.3 Å². The molecule has 0 N–H and O–H groups in total. The molecule has 0 saturated heterocycles. The minimum atomic E-state index is -0.557. The summed E-state index contributed by atoms with van der Waals surface area (Å²) in [5.41, 5.74) is 1.60. The minimum absolute atomic E-state index is 0.121. The van der Waals surface area contributed by atoms with Gasteiger partial charge >= 0.3 is 0 Å². The Hall–Kier alpha value is -3.43. The lowest BCUT2D eigenvalue weighted by molar-refractivity contribution is -0.0561. The Balaban J connectivity index is 1.78. The molecule has 1 aromatic carbocycles. The van der Waals surface area contributed by atoms with E-state index in [9.17, 15) is 4.79 Å². The first-order chi connectivity index (χ1) is 16.5. The van der Waals surface area contributed by atoms with E-state index in [1.807, 2.05) is 33.2 Å². The molecule has 4 heterocycles. The quantitative estimate of drug-likeness (QED) is 0.415. The second kappa shape index (κ2) is 8.35. The average Bonchev–Trinajstić information content (AvgIpc) is 3.23. The second-order valence-corrected chi connectivity index (χ2v) is 9.79. The SMILES string of the molecule is Cc1nc2c(-c3ccc(Cl)cc3F)nc(C3=CC(c4cnn(C)c4)OC(C)(C)C3)nc2c(=O)n1C. The molecule has 0 aliphatic carbocycles. The van der Waals surface area contributed by atoms with Crippen molar-refractivity contribution in [3.05, 3.63) is 75.1 Å². The molecule has 0 radical (unpaired) electrons. The number of halogens is 2. The zero-order valence-electron chi connectivity index (χ0n) is 20.0. The topological polar surface area (TPSA) is 87.7 Å². The van der Waals surface area contributed by atoms with Gasteiger partial charge in [0.2, 0.25) is 0 Å². The molecule has 0 saturated carbocycles. The Bertz CT molecular complexity index is 1570. The van der Waals surface area contributed by atoms with Crippen LogP contribution >= 0.6 is 11.6 Å². The largest absolute Gasteiger partial charge is 0.363 e. The molecule has 1 aliphatic rings. The fraction of sp³-hybridized carbons (Fsp3) is 0.320. The van der Waals surface area contributed by atoms with Crippen LogP contribution in [0.5, 0.6) is 0 Å². The Morgan fingerprint density at radius 1 is 1.17 bits per heavy atom. The van der Waals surface area contributed by atoms with Crippen molar-refractivity contribution >= 4 is 28.2 Å². The average molecular weight is 495 g/mol. The third kappa shape index (κ3) is 4.26. The van der Waals surface area contributed by atoms with Crippen molar-refractivity contribution in [2.75, 3.05) is 0 Å². The fourth-order valence-corrected chi connectivity index (χ4v) is 4.45. The molecule has 1 aliphatic heterocycles. The molecule has 5 rings (SSSR count). The fourth-order valence-electron chi connectivity index (χ4n) is 4.29. The number of fused-ring (bicyclic) bond motifs is 1. The number of aromatic nitrogens is 6. The van der Waals surface area contributed by atoms with Crippen molar-refractivity contribution in [3.8, 4) is 11.3 Å². The summed E-state index contributed by atoms with van der Waals surface area (Å²) in [6, 6.07) is 4.34. The van der Waals surface area contributed by atoms with Crippen molar-refractivity contribution in [2.45, 2.75) is 38.9 Å². The predicted octanol–water partition coefficient (Wildman–Crippen LogP) is 4.55. The molecule has 1 atom stereocenters. The summed E-state index contributed by atoms with van der Waals surface area (Å²) in [5, 5.41) is 4.51. The molecule has 1 unspecified atom stereocenters. The van der Waals surface area contributed by atoms with Crippen LogP contribution < -0.4 is 5.56 Å². The number of ether oxygens (including phenoxy) is 1. The van der Waals surface area contributed by atoms with Crippen LogP contribution in [0.25, 0.3) is 27.9 Å². The van der Waals surface area contributed by atoms with E-state index in [2.05, 4.69) is 15.1 Å². The normalized spacial score (nSPS) is 17.6. The van der Waals surface area contributed by atoms with Crippen molar-refractivity contribution in [1.29, 1.82) is 0 Å². The standard InChI is InChI=1S/C25H24ClFN6O2/c1-13-29-21-20(17-7-6-16(26)9-18(17)27)30-23(31-22(21)24(34)33(13)5)14-8-19(35-25(2,3)10-14)15-11-28-32(4)12-15/h6-9,11-12,19H,10H2,1-5H3. The smallest absolute Gasteiger partial charge is 0.279 e. The highest BCUT2D eigenvalue weighted by molar-refractivity contribution is 6.30. The molecule has 0 fully saturated rings. The van der Waals surface area contributed by atoms with Crippen LogP contribution in [-0.2, 0) is 18.8 Å². The molecule has 0 bridgehead atoms. The summed E-state index contributed by atoms with van der Waals surface area (Å²) in [6.07, 6.45) is 5.68. The van der Waals surface area contributed by atoms with E-state index in [1.165, 1.54) is 10.6 Å². The molecule has 3 aromatic heterocycles. The molecule has 4 aromatic rings. The Kier molecular flexibility index (Phi) is 5.56. The van der Waals surface area contributed by atoms with Gasteiger partial charge in [0, 0.05) is 42.9 Å². The summed E-state index contributed by atoms with van der Waals surface area (Å²) in [6.45, 7) is 5.67. The van der Waals surface area contributed by atoms with Crippen LogP contribution in [-0.4, -0.2) is 34.9 Å². The number of nitrogens with zero attached hydrogens (tertiary/aromatic N) is 6. The van der Waals surface area contributed by atoms with Gasteiger partial charge in [-0.15, -0.1) is 0 Å². The van der Waals surface area contributed by atoms with E-state index in [0.717, 1.165) is 11.1 Å². The Morgan fingerprint density at radius 3 is 2.63 bits per heavy atom. The van der Waals surface area contributed by atoms with Gasteiger partial charge in [-0.3, -0.25) is 14.0 Å². The van der Waals surface area contributed by atoms with Gasteiger partial charge in [0.1, 0.15) is 29.0 Å². The van der Waals surface area contributed by atoms with Crippen molar-refractivity contribution in [2.24, 2.45) is 14.1 Å². The lowest BCUT2D eigenvalue weighted by Gasteiger charge is -2.34. The van der Waals surface area contributed by atoms with E-state index < -0.39 is 11.4 Å². The Labute approximate surface area is 206 Å². The lowest BCUT2D eigenvalue weighted by atomic mass is 9.91. The lowest BCUT2D eigenvalue weighted by Crippen LogP contribution is -2.31. The third-order valence-corrected chi connectivity index (χ3v) is 6.33. The van der Waals surface area contributed by atoms with E-state index in [-0.39, 0.29) is 39.0 Å². The van der Waals surface area contributed by atoms with Gasteiger partial charge in [-0.05, 0) is 50.6 Å². The number of aryl methyl sites for hydroxylation is 2. The van der Waals surface area contributed by atoms with Crippen LogP contribution in [0.15, 0.2) is 41.5 Å². The van der Waals surface area contributed by atoms with Crippen LogP contribution in [0.4, 0.5) is 4.39 Å². The molecular weight excluding hydrogens is 471 g/mol. The summed E-state index contributed by atoms with van der Waals surface area (Å²) in [7, 11) is 3.47. The zero-order chi connectivity index (χ0) is 25.1. The third-order valence-electron chi connectivity index (χ3n) is 6.09. The molecule has 10 heteroatoms. The highest BCUT2D eigenvalue weighted by Crippen LogP contribution is 2.39. The maximum Gasteiger partial charge on any atom is 0.279 e. The molecule has 0 spiro atoms. The summed E-state index contributed by atoms with van der Waals surface area (Å²) >= 11 is 5.98. The summed E-state index contributed by atoms with van der Waals surface area (Å²) < 4.78 is 24.4. The van der Waals surface area contributed by atoms with E-state index in [0.29, 0.717) is 18.1 Å². The highest BCUT2D eigenvalue weighted by Gasteiger charge is 2.33. The molecule has 180 valence electrons. The van der Waals surface area contributed by atoms with Crippen molar-refractivity contribution in [3.63, 3.8) is 0 Å². The summed E-state index contributed by atoms with van der Waals surface area (Å²) in [5.74, 6) is 0.241. The molecule has 8 nitrogen and oxygen atoms in total. The van der Waals surface area contributed by atoms with Crippen LogP contribution in [0.2, 0.25) is 5.02 Å². The zero-order valence-corrected chi connectivity index (χ0v) is 20.8. The molecule has 0 amide bonds. The van der Waals surface area contributed by atoms with Gasteiger partial charge in [0.25, 0.3) is 5.56 Å². The van der Waals surface area contributed by atoms with E-state index in [4.69, 9.17) is 21.3 Å². The summed E-state index contributed by atoms with van der Waals surface area (Å²) in [4.78, 5) is 27.1. The number of hydrogen-bond donors (Lipinski definition) is 0. The Morgan fingerprint density at radius 2 is 1.94 bits per heavy atom. The second-order valence-electron chi connectivity index (χ2n) is 9.35. The van der Waals surface area contributed by atoms with E-state index >= 15 is 4.39 Å². The highest BCUT2D eigenvalue weighted by atomic mass is 35.5. The van der Waals surface area contributed by atoms with Crippen LogP contribution in [0, 0.1) is 12.7 Å². The minimum Gasteiger partial charge on any atom is -0.363 e. The van der Waals surface area contributed by atoms with Gasteiger partial charge in [0.05, 0.1) is 11.8 Å². The van der Waals surface area contributed by atoms with Gasteiger partial charge in [-0.1, -0.05) is 11.6 Å². The number of benzene rings is 1. The van der Waals surface area contributed by atoms with Crippen LogP contribution in [0.1, 0.15) is 43.6 Å². The van der Waals surface area contributed by atoms with Crippen molar-refractivity contribution < 1.29 is 9.13 Å².